The molecule has 0 aromatic heterocycles. The summed E-state index contributed by atoms with van der Waals surface area (Å²) in [4.78, 5) is 6.37. The van der Waals surface area contributed by atoms with Gasteiger partial charge < -0.3 is 10.6 Å². The van der Waals surface area contributed by atoms with Crippen molar-refractivity contribution < 1.29 is 0 Å². The number of aliphatic imine (C=N–C) groups is 1. The Kier molecular flexibility index (Phi) is 4.86. The van der Waals surface area contributed by atoms with Crippen molar-refractivity contribution in [3.8, 4) is 0 Å². The molecule has 3 heteroatoms. The number of nitrogens with two attached hydrogens (primary N) is 1. The van der Waals surface area contributed by atoms with Gasteiger partial charge in [-0.1, -0.05) is 0 Å². The molecule has 0 aliphatic heterocycles. The summed E-state index contributed by atoms with van der Waals surface area (Å²) in [7, 11) is 4.12. The molecule has 0 saturated heterocycles. The maximum atomic E-state index is 5.44. The van der Waals surface area contributed by atoms with Crippen LogP contribution in [0.4, 0.5) is 0 Å². The zero-order valence-corrected chi connectivity index (χ0v) is 7.96. The van der Waals surface area contributed by atoms with Crippen LogP contribution in [0, 0.1) is 0 Å². The first-order valence-electron chi connectivity index (χ1n) is 3.97. The summed E-state index contributed by atoms with van der Waals surface area (Å²) >= 11 is 0. The van der Waals surface area contributed by atoms with Crippen molar-refractivity contribution in [2.45, 2.75) is 26.3 Å². The summed E-state index contributed by atoms with van der Waals surface area (Å²) in [6.45, 7) is 4.98. The van der Waals surface area contributed by atoms with Crippen molar-refractivity contribution in [3.05, 3.63) is 0 Å². The predicted molar refractivity (Wildman–Crippen MR) is 49.9 cm³/mol. The minimum Gasteiger partial charge on any atom is -0.388 e. The van der Waals surface area contributed by atoms with Crippen molar-refractivity contribution in [1.29, 1.82) is 0 Å². The van der Waals surface area contributed by atoms with Crippen molar-refractivity contribution in [3.63, 3.8) is 0 Å². The highest BCUT2D eigenvalue weighted by Gasteiger charge is 1.99. The largest absolute Gasteiger partial charge is 0.388 e. The van der Waals surface area contributed by atoms with Crippen LogP contribution >= 0.6 is 0 Å². The Labute approximate surface area is 69.3 Å². The van der Waals surface area contributed by atoms with Crippen LogP contribution < -0.4 is 5.73 Å². The maximum absolute atomic E-state index is 5.44. The summed E-state index contributed by atoms with van der Waals surface area (Å²) in [6.07, 6.45) is 1.07. The van der Waals surface area contributed by atoms with Crippen LogP contribution in [0.2, 0.25) is 0 Å². The molecular weight excluding hydrogens is 138 g/mol. The van der Waals surface area contributed by atoms with Gasteiger partial charge >= 0.3 is 0 Å². The number of hydrogen-bond acceptors (Lipinski definition) is 2. The molecule has 0 aromatic rings. The summed E-state index contributed by atoms with van der Waals surface area (Å²) in [5.41, 5.74) is 5.44. The monoisotopic (exact) mass is 157 g/mol. The minimum absolute atomic E-state index is 0.349. The van der Waals surface area contributed by atoms with E-state index < -0.39 is 0 Å². The third-order valence-electron chi connectivity index (χ3n) is 1.42. The van der Waals surface area contributed by atoms with Gasteiger partial charge in [-0.2, -0.15) is 0 Å². The van der Waals surface area contributed by atoms with Crippen molar-refractivity contribution in [2.75, 3.05) is 20.6 Å². The van der Waals surface area contributed by atoms with E-state index >= 15 is 0 Å². The van der Waals surface area contributed by atoms with Gasteiger partial charge in [-0.15, -0.1) is 0 Å². The van der Waals surface area contributed by atoms with Crippen LogP contribution in [0.3, 0.4) is 0 Å². The molecule has 0 radical (unpaired) electrons. The number of hydrogen-bond donors (Lipinski definition) is 1. The van der Waals surface area contributed by atoms with E-state index in [-0.39, 0.29) is 0 Å². The fraction of sp³-hybridized carbons (Fsp3) is 0.875. The normalized spacial score (nSPS) is 15.5. The Hall–Kier alpha value is -0.570. The van der Waals surface area contributed by atoms with E-state index in [0.717, 1.165) is 13.0 Å². The molecule has 0 bridgehead atoms. The van der Waals surface area contributed by atoms with Gasteiger partial charge in [0.05, 0.1) is 11.9 Å². The van der Waals surface area contributed by atoms with Gasteiger partial charge in [0.1, 0.15) is 0 Å². The van der Waals surface area contributed by atoms with Crippen molar-refractivity contribution >= 4 is 5.84 Å². The molecular formula is C8H19N3. The Morgan fingerprint density at radius 2 is 2.09 bits per heavy atom. The van der Waals surface area contributed by atoms with Gasteiger partial charge in [-0.3, -0.25) is 4.99 Å². The lowest BCUT2D eigenvalue weighted by Crippen LogP contribution is -2.18. The SMILES string of the molecule is CC(N)=NC(C)CCN(C)C. The average molecular weight is 157 g/mol. The van der Waals surface area contributed by atoms with Gasteiger partial charge in [0, 0.05) is 0 Å². The molecule has 1 atom stereocenters. The highest BCUT2D eigenvalue weighted by Crippen LogP contribution is 1.96. The van der Waals surface area contributed by atoms with Gasteiger partial charge in [-0.05, 0) is 40.9 Å². The Bertz CT molecular complexity index is 125. The summed E-state index contributed by atoms with van der Waals surface area (Å²) < 4.78 is 0. The molecule has 0 saturated carbocycles. The second-order valence-corrected chi connectivity index (χ2v) is 3.21. The second-order valence-electron chi connectivity index (χ2n) is 3.21. The molecule has 66 valence electrons. The molecule has 3 nitrogen and oxygen atoms in total. The zero-order chi connectivity index (χ0) is 8.85. The lowest BCUT2D eigenvalue weighted by atomic mass is 10.2. The first-order chi connectivity index (χ1) is 5.02. The molecule has 0 aliphatic carbocycles. The second kappa shape index (κ2) is 5.13. The van der Waals surface area contributed by atoms with E-state index in [1.165, 1.54) is 0 Å². The summed E-state index contributed by atoms with van der Waals surface area (Å²) in [6, 6.07) is 0.349. The topological polar surface area (TPSA) is 41.6 Å². The molecule has 0 heterocycles. The van der Waals surface area contributed by atoms with E-state index in [1.54, 1.807) is 0 Å². The van der Waals surface area contributed by atoms with Gasteiger partial charge in [0.15, 0.2) is 0 Å². The molecule has 0 aromatic carbocycles. The molecule has 11 heavy (non-hydrogen) atoms. The third kappa shape index (κ3) is 7.33. The number of amidine groups is 1. The Morgan fingerprint density at radius 1 is 1.55 bits per heavy atom. The van der Waals surface area contributed by atoms with Gasteiger partial charge in [-0.25, -0.2) is 0 Å². The van der Waals surface area contributed by atoms with E-state index in [4.69, 9.17) is 5.73 Å². The van der Waals surface area contributed by atoms with Crippen LogP contribution in [0.15, 0.2) is 4.99 Å². The molecule has 2 N–H and O–H groups in total. The van der Waals surface area contributed by atoms with E-state index in [9.17, 15) is 0 Å². The first-order valence-corrected chi connectivity index (χ1v) is 3.97. The predicted octanol–water partition coefficient (Wildman–Crippen LogP) is 0.704. The average Bonchev–Trinajstić information content (AvgIpc) is 1.82. The molecule has 0 aliphatic rings. The zero-order valence-electron chi connectivity index (χ0n) is 7.96. The highest BCUT2D eigenvalue weighted by molar-refractivity contribution is 5.77. The van der Waals surface area contributed by atoms with Crippen LogP contribution in [0.25, 0.3) is 0 Å². The van der Waals surface area contributed by atoms with Crippen LogP contribution in [0.5, 0.6) is 0 Å². The molecule has 0 rings (SSSR count). The fourth-order valence-electron chi connectivity index (χ4n) is 0.857. The fourth-order valence-corrected chi connectivity index (χ4v) is 0.857. The number of rotatable bonds is 4. The molecule has 1 unspecified atom stereocenters. The lowest BCUT2D eigenvalue weighted by molar-refractivity contribution is 0.386. The highest BCUT2D eigenvalue weighted by atomic mass is 15.1. The smallest absolute Gasteiger partial charge is 0.0908 e. The van der Waals surface area contributed by atoms with E-state index in [1.807, 2.05) is 6.92 Å². The summed E-state index contributed by atoms with van der Waals surface area (Å²) in [5.74, 6) is 0.677. The first kappa shape index (κ1) is 10.4. The standard InChI is InChI=1S/C8H19N3/c1-7(10-8(2)9)5-6-11(3)4/h7H,5-6H2,1-4H3,(H2,9,10). The summed E-state index contributed by atoms with van der Waals surface area (Å²) in [5, 5.41) is 0. The van der Waals surface area contributed by atoms with Gasteiger partial charge in [0.2, 0.25) is 0 Å². The minimum atomic E-state index is 0.349. The molecule has 0 spiro atoms. The number of nitrogens with zero attached hydrogens (tertiary/aromatic N) is 2. The van der Waals surface area contributed by atoms with Crippen LogP contribution in [0.1, 0.15) is 20.3 Å². The van der Waals surface area contributed by atoms with Crippen molar-refractivity contribution in [1.82, 2.24) is 4.90 Å². The molecule has 0 fully saturated rings. The molecule has 0 amide bonds. The van der Waals surface area contributed by atoms with E-state index in [0.29, 0.717) is 11.9 Å². The quantitative estimate of drug-likeness (QED) is 0.482. The van der Waals surface area contributed by atoms with Crippen LogP contribution in [-0.4, -0.2) is 37.4 Å². The Morgan fingerprint density at radius 3 is 2.45 bits per heavy atom. The lowest BCUT2D eigenvalue weighted by Gasteiger charge is -2.11. The Balaban J connectivity index is 3.53. The van der Waals surface area contributed by atoms with E-state index in [2.05, 4.69) is 30.9 Å². The van der Waals surface area contributed by atoms with Crippen molar-refractivity contribution in [2.24, 2.45) is 10.7 Å². The van der Waals surface area contributed by atoms with Gasteiger partial charge in [0.25, 0.3) is 0 Å². The third-order valence-corrected chi connectivity index (χ3v) is 1.42. The van der Waals surface area contributed by atoms with Crippen LogP contribution in [-0.2, 0) is 0 Å². The maximum Gasteiger partial charge on any atom is 0.0908 e.